The minimum absolute atomic E-state index is 0.155. The molecule has 24 heavy (non-hydrogen) atoms. The highest BCUT2D eigenvalue weighted by molar-refractivity contribution is 9.10. The van der Waals surface area contributed by atoms with Gasteiger partial charge in [-0.1, -0.05) is 52.3 Å². The number of rotatable bonds is 4. The predicted octanol–water partition coefficient (Wildman–Crippen LogP) is 3.72. The first-order chi connectivity index (χ1) is 11.5. The van der Waals surface area contributed by atoms with Gasteiger partial charge in [0, 0.05) is 4.47 Å². The molecule has 1 aliphatic rings. The summed E-state index contributed by atoms with van der Waals surface area (Å²) in [6.45, 7) is 0.155. The number of carbonyl (C=O) groups excluding carboxylic acids is 2. The first kappa shape index (κ1) is 16.6. The second kappa shape index (κ2) is 7.13. The number of imide groups is 1. The normalized spacial score (nSPS) is 17.0. The van der Waals surface area contributed by atoms with Gasteiger partial charge in [-0.3, -0.25) is 4.79 Å². The summed E-state index contributed by atoms with van der Waals surface area (Å²) in [7, 11) is 0. The molecule has 1 saturated heterocycles. The third-order valence-corrected chi connectivity index (χ3v) is 4.39. The van der Waals surface area contributed by atoms with E-state index in [1.54, 1.807) is 6.07 Å². The fourth-order valence-electron chi connectivity index (χ4n) is 2.72. The van der Waals surface area contributed by atoms with Gasteiger partial charge in [0.1, 0.15) is 12.4 Å². The van der Waals surface area contributed by atoms with Crippen LogP contribution in [0, 0.1) is 5.82 Å². The van der Waals surface area contributed by atoms with E-state index in [2.05, 4.69) is 15.9 Å². The number of ether oxygens (including phenoxy) is 1. The van der Waals surface area contributed by atoms with Crippen LogP contribution in [0.3, 0.4) is 0 Å². The molecule has 1 aliphatic heterocycles. The Kier molecular flexibility index (Phi) is 4.94. The Bertz CT molecular complexity index is 766. The molecule has 0 spiro atoms. The SMILES string of the molecule is O=C(Cc1ccc(Br)cc1F)N1C(=O)OC[C@@H]1Cc1ccccc1. The van der Waals surface area contributed by atoms with Crippen LogP contribution in [0.5, 0.6) is 0 Å². The molecule has 2 amide bonds. The van der Waals surface area contributed by atoms with Crippen molar-refractivity contribution >= 4 is 27.9 Å². The van der Waals surface area contributed by atoms with Crippen molar-refractivity contribution in [3.8, 4) is 0 Å². The maximum atomic E-state index is 13.9. The number of carbonyl (C=O) groups is 2. The maximum absolute atomic E-state index is 13.9. The van der Waals surface area contributed by atoms with Crippen molar-refractivity contribution in [1.82, 2.24) is 4.90 Å². The Hall–Kier alpha value is -2.21. The van der Waals surface area contributed by atoms with Crippen LogP contribution in [0.2, 0.25) is 0 Å². The summed E-state index contributed by atoms with van der Waals surface area (Å²) in [5.41, 5.74) is 1.26. The number of hydrogen-bond acceptors (Lipinski definition) is 3. The molecule has 0 saturated carbocycles. The van der Waals surface area contributed by atoms with E-state index in [0.717, 1.165) is 10.5 Å². The van der Waals surface area contributed by atoms with Gasteiger partial charge in [-0.25, -0.2) is 14.1 Å². The molecule has 0 bridgehead atoms. The van der Waals surface area contributed by atoms with Crippen molar-refractivity contribution in [2.75, 3.05) is 6.61 Å². The van der Waals surface area contributed by atoms with E-state index in [9.17, 15) is 14.0 Å². The average Bonchev–Trinajstić information content (AvgIpc) is 2.91. The van der Waals surface area contributed by atoms with E-state index in [0.29, 0.717) is 10.9 Å². The van der Waals surface area contributed by atoms with Crippen LogP contribution in [-0.2, 0) is 22.4 Å². The lowest BCUT2D eigenvalue weighted by Gasteiger charge is -2.20. The smallest absolute Gasteiger partial charge is 0.416 e. The van der Waals surface area contributed by atoms with Gasteiger partial charge in [0.25, 0.3) is 0 Å². The number of hydrogen-bond donors (Lipinski definition) is 0. The fraction of sp³-hybridized carbons (Fsp3) is 0.222. The van der Waals surface area contributed by atoms with Gasteiger partial charge in [0.15, 0.2) is 0 Å². The summed E-state index contributed by atoms with van der Waals surface area (Å²) >= 11 is 3.18. The number of cyclic esters (lactones) is 1. The van der Waals surface area contributed by atoms with Gasteiger partial charge in [0.05, 0.1) is 12.5 Å². The summed E-state index contributed by atoms with van der Waals surface area (Å²) < 4.78 is 19.5. The lowest BCUT2D eigenvalue weighted by Crippen LogP contribution is -2.41. The van der Waals surface area contributed by atoms with E-state index in [-0.39, 0.29) is 24.6 Å². The quantitative estimate of drug-likeness (QED) is 0.797. The van der Waals surface area contributed by atoms with Crippen molar-refractivity contribution in [3.05, 3.63) is 69.9 Å². The molecule has 2 aromatic carbocycles. The molecule has 2 aromatic rings. The molecule has 1 heterocycles. The molecule has 1 fully saturated rings. The molecule has 0 aliphatic carbocycles. The molecule has 124 valence electrons. The molecule has 0 aromatic heterocycles. The standard InChI is InChI=1S/C18H15BrFNO3/c19-14-7-6-13(16(20)10-14)9-17(22)21-15(11-24-18(21)23)8-12-4-2-1-3-5-12/h1-7,10,15H,8-9,11H2/t15-/m0/s1. The van der Waals surface area contributed by atoms with E-state index < -0.39 is 17.8 Å². The zero-order valence-electron chi connectivity index (χ0n) is 12.7. The summed E-state index contributed by atoms with van der Waals surface area (Å²) in [5.74, 6) is -0.940. The van der Waals surface area contributed by atoms with E-state index in [1.165, 1.54) is 12.1 Å². The molecular formula is C18H15BrFNO3. The average molecular weight is 392 g/mol. The lowest BCUT2D eigenvalue weighted by molar-refractivity contribution is -0.128. The second-order valence-electron chi connectivity index (χ2n) is 5.60. The zero-order valence-corrected chi connectivity index (χ0v) is 14.3. The van der Waals surface area contributed by atoms with Gasteiger partial charge in [-0.05, 0) is 29.7 Å². The van der Waals surface area contributed by atoms with Crippen LogP contribution in [0.1, 0.15) is 11.1 Å². The molecule has 6 heteroatoms. The Labute approximate surface area is 147 Å². The first-order valence-corrected chi connectivity index (χ1v) is 8.30. The summed E-state index contributed by atoms with van der Waals surface area (Å²) in [6, 6.07) is 13.7. The molecular weight excluding hydrogens is 377 g/mol. The van der Waals surface area contributed by atoms with Crippen molar-refractivity contribution in [1.29, 1.82) is 0 Å². The number of amides is 2. The van der Waals surface area contributed by atoms with E-state index in [4.69, 9.17) is 4.74 Å². The highest BCUT2D eigenvalue weighted by atomic mass is 79.9. The van der Waals surface area contributed by atoms with E-state index >= 15 is 0 Å². The first-order valence-electron chi connectivity index (χ1n) is 7.51. The molecule has 4 nitrogen and oxygen atoms in total. The van der Waals surface area contributed by atoms with Crippen LogP contribution in [0.15, 0.2) is 53.0 Å². The Morgan fingerprint density at radius 2 is 2.00 bits per heavy atom. The molecule has 3 rings (SSSR count). The van der Waals surface area contributed by atoms with Gasteiger partial charge in [0.2, 0.25) is 5.91 Å². The van der Waals surface area contributed by atoms with Crippen LogP contribution in [0.25, 0.3) is 0 Å². The van der Waals surface area contributed by atoms with Gasteiger partial charge in [-0.15, -0.1) is 0 Å². The molecule has 0 unspecified atom stereocenters. The van der Waals surface area contributed by atoms with Crippen LogP contribution < -0.4 is 0 Å². The summed E-state index contributed by atoms with van der Waals surface area (Å²) in [4.78, 5) is 25.5. The van der Waals surface area contributed by atoms with Crippen LogP contribution in [0.4, 0.5) is 9.18 Å². The molecule has 0 N–H and O–H groups in total. The van der Waals surface area contributed by atoms with Crippen molar-refractivity contribution in [2.45, 2.75) is 18.9 Å². The Morgan fingerprint density at radius 3 is 2.71 bits per heavy atom. The van der Waals surface area contributed by atoms with Crippen molar-refractivity contribution < 1.29 is 18.7 Å². The summed E-state index contributed by atoms with van der Waals surface area (Å²) in [5, 5.41) is 0. The third-order valence-electron chi connectivity index (χ3n) is 3.90. The van der Waals surface area contributed by atoms with Crippen LogP contribution in [-0.4, -0.2) is 29.5 Å². The van der Waals surface area contributed by atoms with Crippen molar-refractivity contribution in [2.24, 2.45) is 0 Å². The topological polar surface area (TPSA) is 46.6 Å². The third kappa shape index (κ3) is 3.64. The Balaban J connectivity index is 1.75. The van der Waals surface area contributed by atoms with Gasteiger partial charge < -0.3 is 4.74 Å². The van der Waals surface area contributed by atoms with Crippen LogP contribution >= 0.6 is 15.9 Å². The minimum Gasteiger partial charge on any atom is -0.447 e. The maximum Gasteiger partial charge on any atom is 0.416 e. The zero-order chi connectivity index (χ0) is 17.1. The highest BCUT2D eigenvalue weighted by Gasteiger charge is 2.37. The highest BCUT2D eigenvalue weighted by Crippen LogP contribution is 2.21. The largest absolute Gasteiger partial charge is 0.447 e. The second-order valence-corrected chi connectivity index (χ2v) is 6.51. The lowest BCUT2D eigenvalue weighted by atomic mass is 10.0. The number of halogens is 2. The fourth-order valence-corrected chi connectivity index (χ4v) is 3.05. The molecule has 0 radical (unpaired) electrons. The Morgan fingerprint density at radius 1 is 1.25 bits per heavy atom. The van der Waals surface area contributed by atoms with Gasteiger partial charge >= 0.3 is 6.09 Å². The molecule has 1 atom stereocenters. The predicted molar refractivity (Wildman–Crippen MR) is 89.9 cm³/mol. The number of nitrogens with zero attached hydrogens (tertiary/aromatic N) is 1. The van der Waals surface area contributed by atoms with Gasteiger partial charge in [-0.2, -0.15) is 0 Å². The van der Waals surface area contributed by atoms with Crippen molar-refractivity contribution in [3.63, 3.8) is 0 Å². The van der Waals surface area contributed by atoms with E-state index in [1.807, 2.05) is 30.3 Å². The monoisotopic (exact) mass is 391 g/mol. The minimum atomic E-state index is -0.668. The summed E-state index contributed by atoms with van der Waals surface area (Å²) in [6.07, 6.45) is -0.334. The number of benzene rings is 2.